The molecule has 3 rings (SSSR count). The van der Waals surface area contributed by atoms with Gasteiger partial charge in [0.1, 0.15) is 17.5 Å². The van der Waals surface area contributed by atoms with Crippen molar-refractivity contribution in [3.05, 3.63) is 58.4 Å². The van der Waals surface area contributed by atoms with Crippen LogP contribution in [0, 0.1) is 6.92 Å². The highest BCUT2D eigenvalue weighted by atomic mass is 19.4. The van der Waals surface area contributed by atoms with E-state index >= 15 is 0 Å². The third-order valence-electron chi connectivity index (χ3n) is 3.75. The van der Waals surface area contributed by atoms with Crippen LogP contribution in [-0.2, 0) is 12.6 Å². The van der Waals surface area contributed by atoms with E-state index in [1.807, 2.05) is 6.92 Å². The molecule has 1 aromatic carbocycles. The molecule has 2 aromatic rings. The molecule has 1 unspecified atom stereocenters. The standard InChI is InChI=1S/C16H14F3N3O2/c1-8-4-11(21-12(5-8)15(20)22-23)14-7-9-6-10(16(17,18)19)2-3-13(9)24-14/h2-6,14,23H,7H2,1H3,(H2,20,22). The van der Waals surface area contributed by atoms with E-state index in [2.05, 4.69) is 10.1 Å². The van der Waals surface area contributed by atoms with E-state index in [4.69, 9.17) is 15.7 Å². The first-order chi connectivity index (χ1) is 11.3. The van der Waals surface area contributed by atoms with Gasteiger partial charge in [0.25, 0.3) is 0 Å². The van der Waals surface area contributed by atoms with Gasteiger partial charge >= 0.3 is 6.18 Å². The number of alkyl halides is 3. The van der Waals surface area contributed by atoms with Crippen LogP contribution in [0.2, 0.25) is 0 Å². The summed E-state index contributed by atoms with van der Waals surface area (Å²) in [6.45, 7) is 1.81. The minimum Gasteiger partial charge on any atom is -0.483 e. The summed E-state index contributed by atoms with van der Waals surface area (Å²) in [6.07, 6.45) is -4.65. The molecule has 1 aliphatic heterocycles. The number of aryl methyl sites for hydroxylation is 1. The largest absolute Gasteiger partial charge is 0.483 e. The topological polar surface area (TPSA) is 80.7 Å². The molecule has 24 heavy (non-hydrogen) atoms. The number of fused-ring (bicyclic) bond motifs is 1. The molecule has 0 radical (unpaired) electrons. The summed E-state index contributed by atoms with van der Waals surface area (Å²) in [4.78, 5) is 4.28. The van der Waals surface area contributed by atoms with Crippen molar-refractivity contribution < 1.29 is 23.1 Å². The fraction of sp³-hybridized carbons (Fsp3) is 0.250. The maximum atomic E-state index is 12.8. The smallest absolute Gasteiger partial charge is 0.416 e. The predicted molar refractivity (Wildman–Crippen MR) is 80.0 cm³/mol. The molecule has 0 saturated carbocycles. The van der Waals surface area contributed by atoms with Crippen LogP contribution in [0.15, 0.2) is 35.5 Å². The highest BCUT2D eigenvalue weighted by Crippen LogP contribution is 2.40. The number of oxime groups is 1. The Kier molecular flexibility index (Phi) is 3.82. The lowest BCUT2D eigenvalue weighted by Gasteiger charge is -2.12. The number of nitrogens with two attached hydrogens (primary N) is 1. The van der Waals surface area contributed by atoms with Gasteiger partial charge in [-0.3, -0.25) is 0 Å². The molecule has 1 atom stereocenters. The highest BCUT2D eigenvalue weighted by molar-refractivity contribution is 5.95. The SMILES string of the molecule is Cc1cc(/C(N)=N/O)nc(C2Cc3cc(C(F)(F)F)ccc3O2)c1. The number of benzene rings is 1. The Morgan fingerprint density at radius 1 is 1.33 bits per heavy atom. The Morgan fingerprint density at radius 3 is 2.75 bits per heavy atom. The van der Waals surface area contributed by atoms with Crippen molar-refractivity contribution >= 4 is 5.84 Å². The molecule has 0 amide bonds. The Hall–Kier alpha value is -2.77. The second-order valence-corrected chi connectivity index (χ2v) is 5.57. The second kappa shape index (κ2) is 5.70. The van der Waals surface area contributed by atoms with Crippen LogP contribution in [0.1, 0.15) is 34.2 Å². The average molecular weight is 337 g/mol. The van der Waals surface area contributed by atoms with Crippen molar-refractivity contribution in [2.75, 3.05) is 0 Å². The van der Waals surface area contributed by atoms with E-state index in [9.17, 15) is 13.2 Å². The van der Waals surface area contributed by atoms with E-state index in [0.717, 1.165) is 17.7 Å². The van der Waals surface area contributed by atoms with Crippen LogP contribution in [0.3, 0.4) is 0 Å². The molecule has 2 heterocycles. The number of pyridine rings is 1. The Balaban J connectivity index is 1.92. The summed E-state index contributed by atoms with van der Waals surface area (Å²) < 4.78 is 44.1. The zero-order valence-electron chi connectivity index (χ0n) is 12.6. The van der Waals surface area contributed by atoms with E-state index in [1.165, 1.54) is 6.07 Å². The third-order valence-corrected chi connectivity index (χ3v) is 3.75. The van der Waals surface area contributed by atoms with E-state index in [-0.39, 0.29) is 18.0 Å². The molecule has 0 fully saturated rings. The summed E-state index contributed by atoms with van der Waals surface area (Å²) in [5.74, 6) is 0.261. The quantitative estimate of drug-likeness (QED) is 0.382. The van der Waals surface area contributed by atoms with E-state index in [1.54, 1.807) is 12.1 Å². The van der Waals surface area contributed by atoms with Gasteiger partial charge in [-0.15, -0.1) is 0 Å². The molecule has 0 aliphatic carbocycles. The van der Waals surface area contributed by atoms with Crippen LogP contribution in [0.5, 0.6) is 5.75 Å². The summed E-state index contributed by atoms with van der Waals surface area (Å²) >= 11 is 0. The molecule has 1 aliphatic rings. The predicted octanol–water partition coefficient (Wildman–Crippen LogP) is 3.18. The van der Waals surface area contributed by atoms with Crippen molar-refractivity contribution in [3.8, 4) is 5.75 Å². The minimum absolute atomic E-state index is 0.144. The minimum atomic E-state index is -4.39. The second-order valence-electron chi connectivity index (χ2n) is 5.57. The summed E-state index contributed by atoms with van der Waals surface area (Å²) in [6, 6.07) is 6.80. The number of aromatic nitrogens is 1. The fourth-order valence-electron chi connectivity index (χ4n) is 2.63. The van der Waals surface area contributed by atoms with Crippen LogP contribution in [0.25, 0.3) is 0 Å². The molecule has 8 heteroatoms. The average Bonchev–Trinajstić information content (AvgIpc) is 2.95. The number of nitrogens with zero attached hydrogens (tertiary/aromatic N) is 2. The summed E-state index contributed by atoms with van der Waals surface area (Å²) in [5, 5.41) is 11.7. The molecule has 0 bridgehead atoms. The highest BCUT2D eigenvalue weighted by Gasteiger charge is 2.34. The van der Waals surface area contributed by atoms with Gasteiger partial charge < -0.3 is 15.7 Å². The molecular formula is C16H14F3N3O2. The number of halogens is 3. The lowest BCUT2D eigenvalue weighted by Crippen LogP contribution is -2.17. The van der Waals surface area contributed by atoms with Crippen LogP contribution in [0.4, 0.5) is 13.2 Å². The maximum Gasteiger partial charge on any atom is 0.416 e. The number of amidine groups is 1. The van der Waals surface area contributed by atoms with Crippen molar-refractivity contribution in [2.45, 2.75) is 25.6 Å². The maximum absolute atomic E-state index is 12.8. The Bertz CT molecular complexity index is 819. The Labute approximate surface area is 135 Å². The van der Waals surface area contributed by atoms with Gasteiger partial charge in [-0.25, -0.2) is 4.98 Å². The number of hydrogen-bond donors (Lipinski definition) is 2. The number of ether oxygens (including phenoxy) is 1. The first-order valence-electron chi connectivity index (χ1n) is 7.11. The number of rotatable bonds is 2. The van der Waals surface area contributed by atoms with Gasteiger partial charge in [-0.1, -0.05) is 5.16 Å². The molecule has 126 valence electrons. The van der Waals surface area contributed by atoms with E-state index < -0.39 is 17.8 Å². The monoisotopic (exact) mass is 337 g/mol. The van der Waals surface area contributed by atoms with E-state index in [0.29, 0.717) is 17.0 Å². The molecular weight excluding hydrogens is 323 g/mol. The van der Waals surface area contributed by atoms with Crippen molar-refractivity contribution in [2.24, 2.45) is 10.9 Å². The normalized spacial score (nSPS) is 17.5. The molecule has 1 aromatic heterocycles. The zero-order chi connectivity index (χ0) is 17.5. The lowest BCUT2D eigenvalue weighted by atomic mass is 10.0. The molecule has 5 nitrogen and oxygen atoms in total. The molecule has 0 spiro atoms. The lowest BCUT2D eigenvalue weighted by molar-refractivity contribution is -0.137. The van der Waals surface area contributed by atoms with Crippen molar-refractivity contribution in [1.29, 1.82) is 0 Å². The molecule has 3 N–H and O–H groups in total. The van der Waals surface area contributed by atoms with Gasteiger partial charge in [0.2, 0.25) is 0 Å². The molecule has 0 saturated heterocycles. The van der Waals surface area contributed by atoms with Crippen LogP contribution >= 0.6 is 0 Å². The van der Waals surface area contributed by atoms with Crippen LogP contribution in [-0.4, -0.2) is 16.0 Å². The van der Waals surface area contributed by atoms with Gasteiger partial charge in [-0.2, -0.15) is 13.2 Å². The Morgan fingerprint density at radius 2 is 2.08 bits per heavy atom. The zero-order valence-corrected chi connectivity index (χ0v) is 12.6. The van der Waals surface area contributed by atoms with Gasteiger partial charge in [0.05, 0.1) is 11.3 Å². The first-order valence-corrected chi connectivity index (χ1v) is 7.11. The third kappa shape index (κ3) is 2.99. The van der Waals surface area contributed by atoms with Crippen molar-refractivity contribution in [3.63, 3.8) is 0 Å². The first kappa shape index (κ1) is 16.1. The summed E-state index contributed by atoms with van der Waals surface area (Å²) in [7, 11) is 0. The van der Waals surface area contributed by atoms with Gasteiger partial charge in [0, 0.05) is 6.42 Å². The summed E-state index contributed by atoms with van der Waals surface area (Å²) in [5.41, 5.74) is 6.93. The fourth-order valence-corrected chi connectivity index (χ4v) is 2.63. The van der Waals surface area contributed by atoms with Crippen LogP contribution < -0.4 is 10.5 Å². The number of hydrogen-bond acceptors (Lipinski definition) is 4. The van der Waals surface area contributed by atoms with Crippen molar-refractivity contribution in [1.82, 2.24) is 4.98 Å². The van der Waals surface area contributed by atoms with Gasteiger partial charge in [0.15, 0.2) is 5.84 Å². The van der Waals surface area contributed by atoms with Gasteiger partial charge in [-0.05, 0) is 48.4 Å².